The molecule has 4 rings (SSSR count). The van der Waals surface area contributed by atoms with Gasteiger partial charge in [-0.25, -0.2) is 9.78 Å². The van der Waals surface area contributed by atoms with Crippen LogP contribution in [-0.2, 0) is 26.3 Å². The number of aliphatic carboxylic acids is 1. The highest BCUT2D eigenvalue weighted by molar-refractivity contribution is 8.03. The van der Waals surface area contributed by atoms with Crippen LogP contribution in [0.2, 0.25) is 0 Å². The number of anilines is 1. The minimum Gasteiger partial charge on any atom is -0.477 e. The zero-order valence-corrected chi connectivity index (χ0v) is 22.8. The van der Waals surface area contributed by atoms with Crippen molar-refractivity contribution in [2.75, 3.05) is 18.0 Å². The molecular formula is C22H22F3N7O5S3. The molecule has 0 radical (unpaired) electrons. The number of nitrogens with zero attached hydrogens (tertiary/aromatic N) is 4. The van der Waals surface area contributed by atoms with Gasteiger partial charge in [0.25, 0.3) is 11.8 Å². The molecule has 0 unspecified atom stereocenters. The molecule has 2 aliphatic heterocycles. The highest BCUT2D eigenvalue weighted by atomic mass is 32.2. The molecule has 2 aliphatic rings. The Kier molecular flexibility index (Phi) is 8.91. The molecular weight excluding hydrogens is 595 g/mol. The van der Waals surface area contributed by atoms with Gasteiger partial charge in [0.15, 0.2) is 10.8 Å². The molecule has 7 N–H and O–H groups in total. The van der Waals surface area contributed by atoms with Crippen LogP contribution in [0.4, 0.5) is 18.3 Å². The number of nitrogen functional groups attached to an aromatic ring is 1. The lowest BCUT2D eigenvalue weighted by molar-refractivity contribution is -0.155. The van der Waals surface area contributed by atoms with E-state index in [-0.39, 0.29) is 29.9 Å². The molecule has 2 atom stereocenters. The molecule has 18 heteroatoms. The predicted octanol–water partition coefficient (Wildman–Crippen LogP) is 2.09. The molecule has 2 aromatic rings. The van der Waals surface area contributed by atoms with Gasteiger partial charge in [-0.3, -0.25) is 19.5 Å². The summed E-state index contributed by atoms with van der Waals surface area (Å²) in [5.74, 6) is -2.07. The van der Waals surface area contributed by atoms with Crippen molar-refractivity contribution in [1.82, 2.24) is 20.2 Å². The molecule has 0 spiro atoms. The number of thiazole rings is 1. The van der Waals surface area contributed by atoms with Crippen LogP contribution in [0, 0.1) is 0 Å². The summed E-state index contributed by atoms with van der Waals surface area (Å²) in [6.45, 7) is 0.505. The minimum absolute atomic E-state index is 0.0605. The summed E-state index contributed by atoms with van der Waals surface area (Å²) >= 11 is 2.87. The largest absolute Gasteiger partial charge is 0.477 e. The molecule has 0 bridgehead atoms. The second kappa shape index (κ2) is 12.0. The number of oxime groups is 1. The SMILES string of the molecule is NCCSCc1cnccc1SC1=C(C(=O)O)N2C(=O)[C@@H](NC(=O)/C(=N/O)c3nc(N)sc3C(F)(F)F)[C@H]2CC1. The molecule has 0 aliphatic carbocycles. The number of carbonyl (C=O) groups excluding carboxylic acids is 2. The third-order valence-electron chi connectivity index (χ3n) is 5.93. The number of carboxylic acid groups (broad SMARTS) is 1. The summed E-state index contributed by atoms with van der Waals surface area (Å²) < 4.78 is 40.1. The summed E-state index contributed by atoms with van der Waals surface area (Å²) in [4.78, 5) is 46.6. The highest BCUT2D eigenvalue weighted by Gasteiger charge is 2.54. The third-order valence-corrected chi connectivity index (χ3v) is 9.16. The van der Waals surface area contributed by atoms with Crippen molar-refractivity contribution in [3.05, 3.63) is 45.2 Å². The van der Waals surface area contributed by atoms with Crippen LogP contribution in [0.3, 0.4) is 0 Å². The number of thioether (sulfide) groups is 2. The van der Waals surface area contributed by atoms with E-state index in [0.717, 1.165) is 21.1 Å². The molecule has 12 nitrogen and oxygen atoms in total. The van der Waals surface area contributed by atoms with Crippen LogP contribution < -0.4 is 16.8 Å². The highest BCUT2D eigenvalue weighted by Crippen LogP contribution is 2.44. The van der Waals surface area contributed by atoms with Gasteiger partial charge in [-0.2, -0.15) is 24.9 Å². The Morgan fingerprint density at radius 2 is 2.10 bits per heavy atom. The lowest BCUT2D eigenvalue weighted by Crippen LogP contribution is -2.72. The van der Waals surface area contributed by atoms with Crippen molar-refractivity contribution in [2.24, 2.45) is 10.9 Å². The third kappa shape index (κ3) is 5.89. The number of hydrogen-bond acceptors (Lipinski definition) is 12. The van der Waals surface area contributed by atoms with Crippen LogP contribution in [0.25, 0.3) is 0 Å². The van der Waals surface area contributed by atoms with Crippen molar-refractivity contribution in [1.29, 1.82) is 0 Å². The second-order valence-electron chi connectivity index (χ2n) is 8.45. The average Bonchev–Trinajstić information content (AvgIpc) is 3.30. The first-order valence-corrected chi connectivity index (χ1v) is 14.3. The molecule has 40 heavy (non-hydrogen) atoms. The van der Waals surface area contributed by atoms with E-state index in [2.05, 4.69) is 20.4 Å². The van der Waals surface area contributed by atoms with Crippen molar-refractivity contribution in [3.8, 4) is 0 Å². The monoisotopic (exact) mass is 617 g/mol. The molecule has 4 heterocycles. The number of halogens is 3. The minimum atomic E-state index is -4.93. The number of nitrogens with two attached hydrogens (primary N) is 2. The average molecular weight is 618 g/mol. The number of aromatic nitrogens is 2. The predicted molar refractivity (Wildman–Crippen MR) is 142 cm³/mol. The number of amides is 2. The maximum atomic E-state index is 13.4. The van der Waals surface area contributed by atoms with Crippen LogP contribution in [0.5, 0.6) is 0 Å². The van der Waals surface area contributed by atoms with Gasteiger partial charge in [-0.15, -0.1) is 0 Å². The maximum absolute atomic E-state index is 13.4. The molecule has 2 aromatic heterocycles. The lowest BCUT2D eigenvalue weighted by Gasteiger charge is -2.50. The van der Waals surface area contributed by atoms with Gasteiger partial charge >= 0.3 is 12.1 Å². The van der Waals surface area contributed by atoms with Gasteiger partial charge < -0.3 is 27.1 Å². The van der Waals surface area contributed by atoms with E-state index in [1.807, 2.05) is 0 Å². The van der Waals surface area contributed by atoms with E-state index >= 15 is 0 Å². The summed E-state index contributed by atoms with van der Waals surface area (Å²) in [6, 6.07) is -0.273. The van der Waals surface area contributed by atoms with E-state index in [1.54, 1.807) is 30.2 Å². The van der Waals surface area contributed by atoms with E-state index < -0.39 is 57.5 Å². The number of fused-ring (bicyclic) bond motifs is 1. The van der Waals surface area contributed by atoms with Crippen LogP contribution in [0.15, 0.2) is 39.1 Å². The number of rotatable bonds is 10. The molecule has 1 fully saturated rings. The Balaban J connectivity index is 1.54. The molecule has 0 saturated carbocycles. The van der Waals surface area contributed by atoms with E-state index in [9.17, 15) is 37.9 Å². The van der Waals surface area contributed by atoms with Crippen LogP contribution in [-0.4, -0.2) is 73.1 Å². The number of hydrogen-bond donors (Lipinski definition) is 5. The van der Waals surface area contributed by atoms with Crippen molar-refractivity contribution in [2.45, 2.75) is 41.7 Å². The first-order chi connectivity index (χ1) is 19.0. The fraction of sp³-hybridized carbons (Fsp3) is 0.364. The maximum Gasteiger partial charge on any atom is 0.427 e. The first-order valence-electron chi connectivity index (χ1n) is 11.5. The van der Waals surface area contributed by atoms with Gasteiger partial charge in [0.1, 0.15) is 22.3 Å². The topological polar surface area (TPSA) is 197 Å². The zero-order valence-electron chi connectivity index (χ0n) is 20.3. The Morgan fingerprint density at radius 1 is 1.35 bits per heavy atom. The Bertz CT molecular complexity index is 1400. The number of β-lactam (4-membered cyclic amide) rings is 1. The quantitative estimate of drug-likeness (QED) is 0.0860. The van der Waals surface area contributed by atoms with Gasteiger partial charge in [-0.1, -0.05) is 28.3 Å². The Labute approximate surface area is 237 Å². The standard InChI is InChI=1S/C22H22F3N7O5S3/c23-22(24,25)17-14(30-21(27)40-17)15(31-37)18(33)29-13-10-1-2-12(16(20(35)36)32(10)19(13)34)39-11-3-5-28-7-9(11)8-38-6-4-26/h3,5,7,10,13,37H,1-2,4,6,8,26H2,(H2,27,30)(H,29,33)(H,35,36)/b31-15+/t10-,13+/m1/s1. The molecule has 2 amide bonds. The number of allylic oxidation sites excluding steroid dienone is 1. The van der Waals surface area contributed by atoms with Crippen molar-refractivity contribution >= 4 is 63.5 Å². The summed E-state index contributed by atoms with van der Waals surface area (Å²) in [6.07, 6.45) is -1.15. The molecule has 214 valence electrons. The van der Waals surface area contributed by atoms with Gasteiger partial charge in [0.2, 0.25) is 0 Å². The lowest BCUT2D eigenvalue weighted by atomic mass is 9.86. The fourth-order valence-electron chi connectivity index (χ4n) is 4.25. The number of nitrogens with one attached hydrogen (secondary N) is 1. The number of alkyl halides is 3. The van der Waals surface area contributed by atoms with Crippen LogP contribution in [0.1, 0.15) is 29.0 Å². The second-order valence-corrected chi connectivity index (χ2v) is 11.7. The number of carbonyl (C=O) groups is 3. The van der Waals surface area contributed by atoms with Gasteiger partial charge in [0.05, 0.1) is 6.04 Å². The van der Waals surface area contributed by atoms with Crippen molar-refractivity contribution < 1.29 is 37.9 Å². The fourth-order valence-corrected chi connectivity index (χ4v) is 6.95. The van der Waals surface area contributed by atoms with Gasteiger partial charge in [0, 0.05) is 40.2 Å². The molecule has 0 aromatic carbocycles. The summed E-state index contributed by atoms with van der Waals surface area (Å²) in [5.41, 5.74) is 9.50. The Hall–Kier alpha value is -3.35. The van der Waals surface area contributed by atoms with E-state index in [1.165, 1.54) is 11.8 Å². The Morgan fingerprint density at radius 3 is 2.75 bits per heavy atom. The van der Waals surface area contributed by atoms with E-state index in [0.29, 0.717) is 17.2 Å². The van der Waals surface area contributed by atoms with Crippen LogP contribution >= 0.6 is 34.9 Å². The van der Waals surface area contributed by atoms with E-state index in [4.69, 9.17) is 11.5 Å². The summed E-state index contributed by atoms with van der Waals surface area (Å²) in [7, 11) is 0. The van der Waals surface area contributed by atoms with Gasteiger partial charge in [-0.05, 0) is 24.5 Å². The molecule has 1 saturated heterocycles. The zero-order chi connectivity index (χ0) is 29.2. The van der Waals surface area contributed by atoms with Crippen molar-refractivity contribution in [3.63, 3.8) is 0 Å². The number of pyridine rings is 1. The smallest absolute Gasteiger partial charge is 0.427 e. The first kappa shape index (κ1) is 29.6. The number of carboxylic acids is 1. The normalized spacial score (nSPS) is 19.4. The summed E-state index contributed by atoms with van der Waals surface area (Å²) in [5, 5.41) is 23.7.